The Labute approximate surface area is 147 Å². The van der Waals surface area contributed by atoms with Gasteiger partial charge in [0, 0.05) is 18.0 Å². The number of aryl methyl sites for hydroxylation is 1. The number of ether oxygens (including phenoxy) is 1. The minimum absolute atomic E-state index is 0.133. The van der Waals surface area contributed by atoms with Crippen molar-refractivity contribution in [3.63, 3.8) is 0 Å². The number of aromatic nitrogens is 2. The summed E-state index contributed by atoms with van der Waals surface area (Å²) in [5.74, 6) is 0.521. The van der Waals surface area contributed by atoms with E-state index < -0.39 is 0 Å². The van der Waals surface area contributed by atoms with Crippen molar-refractivity contribution in [3.8, 4) is 5.75 Å². The van der Waals surface area contributed by atoms with Crippen molar-refractivity contribution in [2.45, 2.75) is 20.4 Å². The molecular formula is C20H21N3O2. The van der Waals surface area contributed by atoms with Crippen molar-refractivity contribution in [1.82, 2.24) is 9.55 Å². The highest BCUT2D eigenvalue weighted by molar-refractivity contribution is 6.06. The second-order valence-electron chi connectivity index (χ2n) is 5.85. The van der Waals surface area contributed by atoms with E-state index in [-0.39, 0.29) is 5.91 Å². The fourth-order valence-corrected chi connectivity index (χ4v) is 2.56. The molecule has 1 amide bonds. The number of nitrogens with one attached hydrogen (secondary N) is 1. The third-order valence-corrected chi connectivity index (χ3v) is 4.15. The number of hydrogen-bond donors (Lipinski definition) is 1. The van der Waals surface area contributed by atoms with Crippen LogP contribution in [0.4, 0.5) is 5.69 Å². The molecule has 0 bridgehead atoms. The van der Waals surface area contributed by atoms with Crippen LogP contribution in [-0.4, -0.2) is 22.1 Å². The predicted molar refractivity (Wildman–Crippen MR) is 98.0 cm³/mol. The Morgan fingerprint density at radius 3 is 2.80 bits per heavy atom. The maximum absolute atomic E-state index is 12.6. The average molecular weight is 335 g/mol. The average Bonchev–Trinajstić information content (AvgIpc) is 3.12. The van der Waals surface area contributed by atoms with Crippen LogP contribution < -0.4 is 10.1 Å². The van der Waals surface area contributed by atoms with E-state index in [0.717, 1.165) is 11.1 Å². The van der Waals surface area contributed by atoms with Crippen LogP contribution >= 0.6 is 0 Å². The predicted octanol–water partition coefficient (Wildman–Crippen LogP) is 3.83. The Kier molecular flexibility index (Phi) is 5.14. The first-order valence-electron chi connectivity index (χ1n) is 8.20. The van der Waals surface area contributed by atoms with Crippen molar-refractivity contribution in [3.05, 3.63) is 77.9 Å². The highest BCUT2D eigenvalue weighted by atomic mass is 16.5. The standard InChI is InChI=1S/C20H21N3O2/c1-15-6-5-7-17(16(15)2)20(24)22-18-8-3-4-9-19(18)25-13-12-23-11-10-21-14-23/h3-11,14H,12-13H2,1-2H3,(H,22,24). The summed E-state index contributed by atoms with van der Waals surface area (Å²) in [6, 6.07) is 13.2. The van der Waals surface area contributed by atoms with Crippen LogP contribution in [0.25, 0.3) is 0 Å². The van der Waals surface area contributed by atoms with Crippen LogP contribution in [0.2, 0.25) is 0 Å². The smallest absolute Gasteiger partial charge is 0.256 e. The Hall–Kier alpha value is -3.08. The van der Waals surface area contributed by atoms with E-state index in [0.29, 0.717) is 30.2 Å². The molecule has 1 N–H and O–H groups in total. The minimum Gasteiger partial charge on any atom is -0.490 e. The van der Waals surface area contributed by atoms with E-state index in [2.05, 4.69) is 10.3 Å². The van der Waals surface area contributed by atoms with Crippen molar-refractivity contribution in [2.75, 3.05) is 11.9 Å². The zero-order chi connectivity index (χ0) is 17.6. The summed E-state index contributed by atoms with van der Waals surface area (Å²) in [5, 5.41) is 2.96. The van der Waals surface area contributed by atoms with Gasteiger partial charge < -0.3 is 14.6 Å². The van der Waals surface area contributed by atoms with Gasteiger partial charge in [0.1, 0.15) is 12.4 Å². The largest absolute Gasteiger partial charge is 0.490 e. The molecular weight excluding hydrogens is 314 g/mol. The number of carbonyl (C=O) groups excluding carboxylic acids is 1. The molecule has 0 aliphatic carbocycles. The molecule has 25 heavy (non-hydrogen) atoms. The second-order valence-corrected chi connectivity index (χ2v) is 5.85. The van der Waals surface area contributed by atoms with Crippen LogP contribution in [0.1, 0.15) is 21.5 Å². The third kappa shape index (κ3) is 4.07. The summed E-state index contributed by atoms with van der Waals surface area (Å²) in [4.78, 5) is 16.6. The highest BCUT2D eigenvalue weighted by Crippen LogP contribution is 2.25. The quantitative estimate of drug-likeness (QED) is 0.745. The first kappa shape index (κ1) is 16.8. The van der Waals surface area contributed by atoms with E-state index in [1.807, 2.05) is 67.1 Å². The van der Waals surface area contributed by atoms with Gasteiger partial charge >= 0.3 is 0 Å². The normalized spacial score (nSPS) is 10.5. The maximum Gasteiger partial charge on any atom is 0.256 e. The molecule has 0 atom stereocenters. The first-order valence-corrected chi connectivity index (χ1v) is 8.20. The van der Waals surface area contributed by atoms with E-state index in [1.54, 1.807) is 12.5 Å². The number of hydrogen-bond acceptors (Lipinski definition) is 3. The molecule has 2 aromatic carbocycles. The summed E-state index contributed by atoms with van der Waals surface area (Å²) < 4.78 is 7.78. The van der Waals surface area contributed by atoms with Crippen molar-refractivity contribution < 1.29 is 9.53 Å². The number of anilines is 1. The fourth-order valence-electron chi connectivity index (χ4n) is 2.56. The monoisotopic (exact) mass is 335 g/mol. The van der Waals surface area contributed by atoms with E-state index in [9.17, 15) is 4.79 Å². The third-order valence-electron chi connectivity index (χ3n) is 4.15. The van der Waals surface area contributed by atoms with E-state index >= 15 is 0 Å². The van der Waals surface area contributed by atoms with Crippen molar-refractivity contribution >= 4 is 11.6 Å². The molecule has 0 spiro atoms. The fraction of sp³-hybridized carbons (Fsp3) is 0.200. The molecule has 0 aliphatic rings. The molecule has 1 aromatic heterocycles. The van der Waals surface area contributed by atoms with Crippen molar-refractivity contribution in [2.24, 2.45) is 0 Å². The van der Waals surface area contributed by atoms with Gasteiger partial charge in [-0.3, -0.25) is 4.79 Å². The lowest BCUT2D eigenvalue weighted by Crippen LogP contribution is -2.15. The molecule has 0 saturated heterocycles. The summed E-state index contributed by atoms with van der Waals surface area (Å²) in [5.41, 5.74) is 3.42. The Balaban J connectivity index is 1.70. The summed E-state index contributed by atoms with van der Waals surface area (Å²) in [6.07, 6.45) is 5.37. The van der Waals surface area contributed by atoms with E-state index in [1.165, 1.54) is 0 Å². The number of para-hydroxylation sites is 2. The lowest BCUT2D eigenvalue weighted by Gasteiger charge is -2.14. The van der Waals surface area contributed by atoms with Gasteiger partial charge in [0.15, 0.2) is 0 Å². The van der Waals surface area contributed by atoms with Gasteiger partial charge in [-0.15, -0.1) is 0 Å². The molecule has 1 heterocycles. The molecule has 0 fully saturated rings. The topological polar surface area (TPSA) is 56.1 Å². The first-order chi connectivity index (χ1) is 12.1. The molecule has 0 radical (unpaired) electrons. The van der Waals surface area contributed by atoms with E-state index in [4.69, 9.17) is 4.74 Å². The van der Waals surface area contributed by atoms with Crippen LogP contribution in [0, 0.1) is 13.8 Å². The zero-order valence-corrected chi connectivity index (χ0v) is 14.4. The number of amides is 1. The van der Waals surface area contributed by atoms with Crippen LogP contribution in [-0.2, 0) is 6.54 Å². The highest BCUT2D eigenvalue weighted by Gasteiger charge is 2.12. The summed E-state index contributed by atoms with van der Waals surface area (Å²) in [7, 11) is 0. The Bertz CT molecular complexity index is 857. The summed E-state index contributed by atoms with van der Waals surface area (Å²) in [6.45, 7) is 5.14. The van der Waals surface area contributed by atoms with Crippen LogP contribution in [0.5, 0.6) is 5.75 Å². The zero-order valence-electron chi connectivity index (χ0n) is 14.4. The van der Waals surface area contributed by atoms with Gasteiger partial charge in [0.05, 0.1) is 18.6 Å². The van der Waals surface area contributed by atoms with Gasteiger partial charge in [0.2, 0.25) is 0 Å². The number of nitrogens with zero attached hydrogens (tertiary/aromatic N) is 2. The SMILES string of the molecule is Cc1cccc(C(=O)Nc2ccccc2OCCn2ccnc2)c1C. The second kappa shape index (κ2) is 7.66. The number of benzene rings is 2. The summed E-state index contributed by atoms with van der Waals surface area (Å²) >= 11 is 0. The molecule has 0 unspecified atom stereocenters. The van der Waals surface area contributed by atoms with Gasteiger partial charge in [0.25, 0.3) is 5.91 Å². The van der Waals surface area contributed by atoms with Gasteiger partial charge in [-0.25, -0.2) is 4.98 Å². The molecule has 3 rings (SSSR count). The Morgan fingerprint density at radius 1 is 1.16 bits per heavy atom. The molecule has 0 saturated carbocycles. The lowest BCUT2D eigenvalue weighted by atomic mass is 10.0. The molecule has 0 aliphatic heterocycles. The maximum atomic E-state index is 12.6. The number of imidazole rings is 1. The molecule has 5 nitrogen and oxygen atoms in total. The Morgan fingerprint density at radius 2 is 2.00 bits per heavy atom. The van der Waals surface area contributed by atoms with Gasteiger partial charge in [-0.05, 0) is 43.2 Å². The molecule has 5 heteroatoms. The van der Waals surface area contributed by atoms with Crippen LogP contribution in [0.15, 0.2) is 61.2 Å². The number of rotatable bonds is 6. The van der Waals surface area contributed by atoms with Gasteiger partial charge in [-0.2, -0.15) is 0 Å². The number of carbonyl (C=O) groups is 1. The molecule has 3 aromatic rings. The van der Waals surface area contributed by atoms with Gasteiger partial charge in [-0.1, -0.05) is 24.3 Å². The lowest BCUT2D eigenvalue weighted by molar-refractivity contribution is 0.102. The minimum atomic E-state index is -0.133. The molecule has 128 valence electrons. The van der Waals surface area contributed by atoms with Crippen LogP contribution in [0.3, 0.4) is 0 Å². The van der Waals surface area contributed by atoms with Crippen molar-refractivity contribution in [1.29, 1.82) is 0 Å².